The molecule has 0 radical (unpaired) electrons. The van der Waals surface area contributed by atoms with E-state index in [1.165, 1.54) is 100 Å². The summed E-state index contributed by atoms with van der Waals surface area (Å²) in [6.07, 6.45) is 20.3. The van der Waals surface area contributed by atoms with Crippen LogP contribution in [0, 0.1) is 0 Å². The van der Waals surface area contributed by atoms with Crippen LogP contribution in [0.3, 0.4) is 0 Å². The van der Waals surface area contributed by atoms with Crippen molar-refractivity contribution in [2.45, 2.75) is 115 Å². The van der Waals surface area contributed by atoms with E-state index < -0.39 is 15.0 Å². The van der Waals surface area contributed by atoms with E-state index >= 15 is 0 Å². The summed E-state index contributed by atoms with van der Waals surface area (Å²) in [5.41, 5.74) is 0.826. The van der Waals surface area contributed by atoms with Crippen molar-refractivity contribution < 1.29 is 70.5 Å². The molecule has 0 amide bonds. The molecule has 0 spiro atoms. The smallest absolute Gasteiger partial charge is 1.00 e. The van der Waals surface area contributed by atoms with Gasteiger partial charge in [-0.15, -0.1) is 0 Å². The third-order valence-corrected chi connectivity index (χ3v) is 8.13. The van der Waals surface area contributed by atoms with Crippen LogP contribution < -0.4 is 61.7 Å². The van der Waals surface area contributed by atoms with Gasteiger partial charge in [-0.05, 0) is 43.2 Å². The topological polar surface area (TPSA) is 101 Å². The van der Waals surface area contributed by atoms with Crippen LogP contribution in [-0.4, -0.2) is 22.8 Å². The molecule has 0 bridgehead atoms. The molecule has 1 aromatic heterocycles. The second-order valence-electron chi connectivity index (χ2n) is 10.7. The van der Waals surface area contributed by atoms with Crippen LogP contribution in [0.1, 0.15) is 110 Å². The molecule has 7 nitrogen and oxygen atoms in total. The minimum atomic E-state index is -4.58. The van der Waals surface area contributed by atoms with Crippen LogP contribution in [0.5, 0.6) is 11.5 Å². The second-order valence-corrected chi connectivity index (χ2v) is 12.1. The van der Waals surface area contributed by atoms with E-state index in [4.69, 9.17) is 4.74 Å². The molecule has 0 aliphatic heterocycles. The first kappa shape index (κ1) is 36.0. The van der Waals surface area contributed by atoms with Crippen molar-refractivity contribution in [3.05, 3.63) is 70.6 Å². The molecule has 0 aliphatic rings. The van der Waals surface area contributed by atoms with Crippen molar-refractivity contribution in [3.8, 4) is 17.2 Å². The van der Waals surface area contributed by atoms with Crippen molar-refractivity contribution in [2.24, 2.45) is 0 Å². The SMILES string of the molecule is CCCCCCCCCCCCCCCCCc1cc(=O)n(-c2ccc(Oc3ccccc3)c(S(=O)(=O)O)c2)[nH]1.[H-].[K+]. The summed E-state index contributed by atoms with van der Waals surface area (Å²) < 4.78 is 40.9. The summed E-state index contributed by atoms with van der Waals surface area (Å²) in [5, 5.41) is 3.08. The summed E-state index contributed by atoms with van der Waals surface area (Å²) in [6.45, 7) is 2.26. The number of nitrogens with zero attached hydrogens (tertiary/aromatic N) is 1. The first-order valence-electron chi connectivity index (χ1n) is 15.0. The van der Waals surface area contributed by atoms with Crippen LogP contribution in [-0.2, 0) is 16.5 Å². The Labute approximate surface area is 290 Å². The Balaban J connectivity index is 0.00000441. The fourth-order valence-corrected chi connectivity index (χ4v) is 5.62. The number of aromatic nitrogens is 2. The molecule has 0 fully saturated rings. The molecule has 222 valence electrons. The summed E-state index contributed by atoms with van der Waals surface area (Å²) in [4.78, 5) is 12.2. The van der Waals surface area contributed by atoms with Crippen LogP contribution in [0.25, 0.3) is 5.69 Å². The number of ether oxygens (including phenoxy) is 1. The molecule has 0 atom stereocenters. The van der Waals surface area contributed by atoms with Gasteiger partial charge in [0.25, 0.3) is 15.7 Å². The van der Waals surface area contributed by atoms with Gasteiger partial charge in [0.1, 0.15) is 16.4 Å². The number of para-hydroxylation sites is 1. The summed E-state index contributed by atoms with van der Waals surface area (Å²) in [7, 11) is -4.58. The van der Waals surface area contributed by atoms with Gasteiger partial charge in [0.15, 0.2) is 0 Å². The fraction of sp³-hybridized carbons (Fsp3) is 0.531. The quantitative estimate of drug-likeness (QED) is 0.0966. The minimum Gasteiger partial charge on any atom is -1.00 e. The van der Waals surface area contributed by atoms with Crippen LogP contribution in [0.15, 0.2) is 64.3 Å². The molecule has 3 rings (SSSR count). The summed E-state index contributed by atoms with van der Waals surface area (Å²) >= 11 is 0. The Bertz CT molecular complexity index is 1310. The van der Waals surface area contributed by atoms with E-state index in [1.54, 1.807) is 36.4 Å². The van der Waals surface area contributed by atoms with Gasteiger partial charge in [0.05, 0.1) is 5.69 Å². The molecule has 2 N–H and O–H groups in total. The fourth-order valence-electron chi connectivity index (χ4n) is 4.99. The molecule has 0 aliphatic carbocycles. The van der Waals surface area contributed by atoms with Gasteiger partial charge in [-0.3, -0.25) is 14.4 Å². The van der Waals surface area contributed by atoms with Crippen LogP contribution in [0.2, 0.25) is 0 Å². The molecule has 41 heavy (non-hydrogen) atoms. The Morgan fingerprint density at radius 1 is 0.780 bits per heavy atom. The Morgan fingerprint density at radius 3 is 1.85 bits per heavy atom. The first-order valence-corrected chi connectivity index (χ1v) is 16.5. The Morgan fingerprint density at radius 2 is 1.32 bits per heavy atom. The molecule has 1 heterocycles. The standard InChI is InChI=1S/C32H46N2O5S.K.H/c1-2-3-4-5-6-7-8-9-10-11-12-13-14-15-17-20-27-25-32(35)34(33-27)28-23-24-30(31(26-28)40(36,37)38)39-29-21-18-16-19-22-29;;/h16,18-19,21-26,33H,2-15,17,20H2,1H3,(H,36,37,38);;/q;+1;-1. The second kappa shape index (κ2) is 19.9. The van der Waals surface area contributed by atoms with Crippen molar-refractivity contribution in [1.82, 2.24) is 9.78 Å². The largest absolute Gasteiger partial charge is 1.00 e. The van der Waals surface area contributed by atoms with Crippen molar-refractivity contribution >= 4 is 10.1 Å². The van der Waals surface area contributed by atoms with E-state index in [2.05, 4.69) is 12.0 Å². The van der Waals surface area contributed by atoms with Gasteiger partial charge in [0, 0.05) is 11.8 Å². The number of nitrogens with one attached hydrogen (secondary N) is 1. The molecule has 2 aromatic carbocycles. The number of H-pyrrole nitrogens is 1. The molecule has 9 heteroatoms. The molecule has 0 saturated carbocycles. The first-order chi connectivity index (χ1) is 19.4. The third-order valence-electron chi connectivity index (χ3n) is 7.26. The van der Waals surface area contributed by atoms with Gasteiger partial charge in [0.2, 0.25) is 0 Å². The predicted molar refractivity (Wildman–Crippen MR) is 162 cm³/mol. The zero-order chi connectivity index (χ0) is 28.6. The van der Waals surface area contributed by atoms with E-state index in [1.807, 2.05) is 6.07 Å². The maximum absolute atomic E-state index is 12.6. The van der Waals surface area contributed by atoms with E-state index in [9.17, 15) is 17.8 Å². The average molecular weight is 611 g/mol. The third kappa shape index (κ3) is 13.3. The zero-order valence-electron chi connectivity index (χ0n) is 25.9. The molecular weight excluding hydrogens is 564 g/mol. The molecular formula is C32H47KN2O5S. The number of benzene rings is 2. The van der Waals surface area contributed by atoms with E-state index in [0.29, 0.717) is 11.4 Å². The molecule has 3 aromatic rings. The predicted octanol–water partition coefficient (Wildman–Crippen LogP) is 5.74. The van der Waals surface area contributed by atoms with E-state index in [0.717, 1.165) is 25.0 Å². The summed E-state index contributed by atoms with van der Waals surface area (Å²) in [6, 6.07) is 14.5. The normalized spacial score (nSPS) is 11.4. The van der Waals surface area contributed by atoms with Crippen molar-refractivity contribution in [1.29, 1.82) is 0 Å². The van der Waals surface area contributed by atoms with Crippen molar-refractivity contribution in [3.63, 3.8) is 0 Å². The number of aromatic amines is 1. The average Bonchev–Trinajstić information content (AvgIpc) is 3.31. The minimum absolute atomic E-state index is 0. The Hall–Kier alpha value is -1.20. The van der Waals surface area contributed by atoms with E-state index in [-0.39, 0.29) is 64.1 Å². The molecule has 0 saturated heterocycles. The number of hydrogen-bond acceptors (Lipinski definition) is 4. The van der Waals surface area contributed by atoms with Gasteiger partial charge < -0.3 is 6.16 Å². The number of rotatable bonds is 20. The maximum Gasteiger partial charge on any atom is 1.00 e. The monoisotopic (exact) mass is 610 g/mol. The van der Waals surface area contributed by atoms with Crippen molar-refractivity contribution in [2.75, 3.05) is 0 Å². The number of aryl methyl sites for hydroxylation is 1. The maximum atomic E-state index is 12.6. The van der Waals surface area contributed by atoms with Crippen LogP contribution >= 0.6 is 0 Å². The van der Waals surface area contributed by atoms with Gasteiger partial charge in [-0.1, -0.05) is 115 Å². The van der Waals surface area contributed by atoms with Gasteiger partial charge >= 0.3 is 51.4 Å². The molecule has 0 unspecified atom stereocenters. The van der Waals surface area contributed by atoms with Gasteiger partial charge in [-0.2, -0.15) is 8.42 Å². The summed E-state index contributed by atoms with van der Waals surface area (Å²) in [5.74, 6) is 0.415. The van der Waals surface area contributed by atoms with Crippen LogP contribution in [0.4, 0.5) is 0 Å². The zero-order valence-corrected chi connectivity index (χ0v) is 28.9. The number of hydrogen-bond donors (Lipinski definition) is 2. The number of unbranched alkanes of at least 4 members (excludes halogenated alkanes) is 14. The van der Waals surface area contributed by atoms with Gasteiger partial charge in [-0.25, -0.2) is 4.68 Å². The Kier molecular flexibility index (Phi) is 17.5.